The predicted molar refractivity (Wildman–Crippen MR) is 65.7 cm³/mol. The highest BCUT2D eigenvalue weighted by Crippen LogP contribution is 2.20. The number of nitrogen functional groups attached to an aromatic ring is 1. The van der Waals surface area contributed by atoms with Crippen molar-refractivity contribution in [1.82, 2.24) is 9.88 Å². The molecule has 1 aromatic heterocycles. The Morgan fingerprint density at radius 2 is 2.18 bits per heavy atom. The fraction of sp³-hybridized carbons (Fsp3) is 0.583. The Morgan fingerprint density at radius 3 is 2.71 bits per heavy atom. The number of nitrogens with zero attached hydrogens (tertiary/aromatic N) is 1. The van der Waals surface area contributed by atoms with E-state index in [1.165, 1.54) is 0 Å². The minimum absolute atomic E-state index is 0.0754. The lowest BCUT2D eigenvalue weighted by atomic mass is 9.92. The Labute approximate surface area is 101 Å². The summed E-state index contributed by atoms with van der Waals surface area (Å²) in [5.74, 6) is -0.0754. The molecule has 1 fully saturated rings. The van der Waals surface area contributed by atoms with E-state index in [2.05, 4.69) is 12.2 Å². The minimum atomic E-state index is -0.172. The zero-order valence-electron chi connectivity index (χ0n) is 10.3. The average molecular weight is 237 g/mol. The molecule has 1 amide bonds. The maximum atomic E-state index is 12.1. The molecular formula is C12H19N3O2. The second-order valence-corrected chi connectivity index (χ2v) is 4.90. The highest BCUT2D eigenvalue weighted by molar-refractivity contribution is 5.94. The molecule has 0 unspecified atom stereocenters. The summed E-state index contributed by atoms with van der Waals surface area (Å²) < 4.78 is 7.05. The summed E-state index contributed by atoms with van der Waals surface area (Å²) >= 11 is 0. The van der Waals surface area contributed by atoms with Crippen molar-refractivity contribution in [3.05, 3.63) is 18.0 Å². The third-order valence-corrected chi connectivity index (χ3v) is 3.27. The lowest BCUT2D eigenvalue weighted by Gasteiger charge is -2.34. The summed E-state index contributed by atoms with van der Waals surface area (Å²) in [6, 6.07) is 1.69. The van der Waals surface area contributed by atoms with Crippen LogP contribution in [-0.2, 0) is 11.8 Å². The molecule has 3 N–H and O–H groups in total. The zero-order valence-corrected chi connectivity index (χ0v) is 10.3. The lowest BCUT2D eigenvalue weighted by molar-refractivity contribution is 0.0420. The molecule has 5 heteroatoms. The normalized spacial score (nSPS) is 18.9. The van der Waals surface area contributed by atoms with Gasteiger partial charge in [-0.2, -0.15) is 0 Å². The van der Waals surface area contributed by atoms with E-state index in [0.29, 0.717) is 24.6 Å². The summed E-state index contributed by atoms with van der Waals surface area (Å²) in [4.78, 5) is 12.1. The number of nitrogens with two attached hydrogens (primary N) is 1. The van der Waals surface area contributed by atoms with Crippen LogP contribution < -0.4 is 11.1 Å². The average Bonchev–Trinajstić information content (AvgIpc) is 2.58. The second kappa shape index (κ2) is 4.41. The number of anilines is 1. The van der Waals surface area contributed by atoms with E-state index >= 15 is 0 Å². The van der Waals surface area contributed by atoms with Crippen LogP contribution in [0.4, 0.5) is 5.69 Å². The molecule has 1 aliphatic rings. The van der Waals surface area contributed by atoms with Gasteiger partial charge in [-0.25, -0.2) is 0 Å². The van der Waals surface area contributed by atoms with Crippen LogP contribution in [0.3, 0.4) is 0 Å². The van der Waals surface area contributed by atoms with Crippen LogP contribution in [0, 0.1) is 0 Å². The standard InChI is InChI=1S/C12H19N3O2/c1-12(3-5-17-6-4-12)14-11(16)10-7-9(13)8-15(10)2/h7-8H,3-6,13H2,1-2H3,(H,14,16). The second-order valence-electron chi connectivity index (χ2n) is 4.90. The quantitative estimate of drug-likeness (QED) is 0.803. The predicted octanol–water partition coefficient (Wildman–Crippen LogP) is 0.906. The monoisotopic (exact) mass is 237 g/mol. The van der Waals surface area contributed by atoms with Crippen LogP contribution in [0.1, 0.15) is 30.3 Å². The van der Waals surface area contributed by atoms with Gasteiger partial charge in [0.1, 0.15) is 5.69 Å². The molecule has 0 radical (unpaired) electrons. The largest absolute Gasteiger partial charge is 0.397 e. The first kappa shape index (κ1) is 12.0. The third-order valence-electron chi connectivity index (χ3n) is 3.27. The van der Waals surface area contributed by atoms with Crippen molar-refractivity contribution in [3.63, 3.8) is 0 Å². The van der Waals surface area contributed by atoms with Crippen molar-refractivity contribution in [2.24, 2.45) is 7.05 Å². The Kier molecular flexibility index (Phi) is 3.11. The Bertz CT molecular complexity index is 419. The van der Waals surface area contributed by atoms with Gasteiger partial charge in [0, 0.05) is 32.0 Å². The molecule has 17 heavy (non-hydrogen) atoms. The first-order chi connectivity index (χ1) is 8.00. The first-order valence-corrected chi connectivity index (χ1v) is 5.82. The van der Waals surface area contributed by atoms with Crippen molar-refractivity contribution in [3.8, 4) is 0 Å². The van der Waals surface area contributed by atoms with Gasteiger partial charge in [-0.3, -0.25) is 4.79 Å². The molecule has 94 valence electrons. The highest BCUT2D eigenvalue weighted by atomic mass is 16.5. The van der Waals surface area contributed by atoms with E-state index in [0.717, 1.165) is 12.8 Å². The van der Waals surface area contributed by atoms with Gasteiger partial charge in [0.25, 0.3) is 5.91 Å². The van der Waals surface area contributed by atoms with Crippen molar-refractivity contribution in [2.75, 3.05) is 18.9 Å². The molecule has 1 aromatic rings. The van der Waals surface area contributed by atoms with Crippen molar-refractivity contribution >= 4 is 11.6 Å². The van der Waals surface area contributed by atoms with Gasteiger partial charge in [-0.05, 0) is 25.8 Å². The maximum Gasteiger partial charge on any atom is 0.268 e. The summed E-state index contributed by atoms with van der Waals surface area (Å²) in [5, 5.41) is 3.07. The number of ether oxygens (including phenoxy) is 1. The lowest BCUT2D eigenvalue weighted by Crippen LogP contribution is -2.49. The number of aryl methyl sites for hydroxylation is 1. The van der Waals surface area contributed by atoms with Gasteiger partial charge < -0.3 is 20.4 Å². The molecule has 0 bridgehead atoms. The molecule has 0 aliphatic carbocycles. The zero-order chi connectivity index (χ0) is 12.5. The van der Waals surface area contributed by atoms with E-state index in [1.807, 2.05) is 7.05 Å². The SMILES string of the molecule is Cn1cc(N)cc1C(=O)NC1(C)CCOCC1. The Morgan fingerprint density at radius 1 is 1.53 bits per heavy atom. The maximum absolute atomic E-state index is 12.1. The fourth-order valence-corrected chi connectivity index (χ4v) is 2.10. The molecule has 1 saturated heterocycles. The van der Waals surface area contributed by atoms with Crippen molar-refractivity contribution in [1.29, 1.82) is 0 Å². The van der Waals surface area contributed by atoms with Gasteiger partial charge in [0.05, 0.1) is 5.69 Å². The van der Waals surface area contributed by atoms with Gasteiger partial charge in [-0.15, -0.1) is 0 Å². The van der Waals surface area contributed by atoms with Gasteiger partial charge in [-0.1, -0.05) is 0 Å². The number of rotatable bonds is 2. The summed E-state index contributed by atoms with van der Waals surface area (Å²) in [5.41, 5.74) is 6.69. The van der Waals surface area contributed by atoms with Gasteiger partial charge >= 0.3 is 0 Å². The molecule has 2 rings (SSSR count). The summed E-state index contributed by atoms with van der Waals surface area (Å²) in [6.07, 6.45) is 3.43. The van der Waals surface area contributed by atoms with E-state index in [1.54, 1.807) is 16.8 Å². The highest BCUT2D eigenvalue weighted by Gasteiger charge is 2.29. The Hall–Kier alpha value is -1.49. The van der Waals surface area contributed by atoms with Gasteiger partial charge in [0.15, 0.2) is 0 Å². The molecule has 1 aliphatic heterocycles. The molecular weight excluding hydrogens is 218 g/mol. The molecule has 5 nitrogen and oxygen atoms in total. The molecule has 0 aromatic carbocycles. The number of amides is 1. The number of hydrogen-bond acceptors (Lipinski definition) is 3. The molecule has 0 atom stereocenters. The van der Waals surface area contributed by atoms with Crippen LogP contribution in [0.25, 0.3) is 0 Å². The Balaban J connectivity index is 2.08. The van der Waals surface area contributed by atoms with Gasteiger partial charge in [0.2, 0.25) is 0 Å². The number of carbonyl (C=O) groups is 1. The first-order valence-electron chi connectivity index (χ1n) is 5.82. The molecule has 0 spiro atoms. The number of hydrogen-bond donors (Lipinski definition) is 2. The van der Waals surface area contributed by atoms with E-state index in [4.69, 9.17) is 10.5 Å². The van der Waals surface area contributed by atoms with Crippen molar-refractivity contribution < 1.29 is 9.53 Å². The molecule has 2 heterocycles. The smallest absolute Gasteiger partial charge is 0.268 e. The fourth-order valence-electron chi connectivity index (χ4n) is 2.10. The number of aromatic nitrogens is 1. The minimum Gasteiger partial charge on any atom is -0.397 e. The van der Waals surface area contributed by atoms with Crippen LogP contribution >= 0.6 is 0 Å². The van der Waals surface area contributed by atoms with Crippen molar-refractivity contribution in [2.45, 2.75) is 25.3 Å². The van der Waals surface area contributed by atoms with Crippen LogP contribution in [-0.4, -0.2) is 29.2 Å². The number of carbonyl (C=O) groups excluding carboxylic acids is 1. The van der Waals surface area contributed by atoms with Crippen LogP contribution in [0.15, 0.2) is 12.3 Å². The van der Waals surface area contributed by atoms with E-state index < -0.39 is 0 Å². The summed E-state index contributed by atoms with van der Waals surface area (Å²) in [7, 11) is 1.82. The van der Waals surface area contributed by atoms with E-state index in [-0.39, 0.29) is 11.4 Å². The molecule has 0 saturated carbocycles. The third kappa shape index (κ3) is 2.61. The summed E-state index contributed by atoms with van der Waals surface area (Å²) in [6.45, 7) is 3.46. The number of nitrogens with one attached hydrogen (secondary N) is 1. The van der Waals surface area contributed by atoms with E-state index in [9.17, 15) is 4.79 Å². The topological polar surface area (TPSA) is 69.3 Å². The van der Waals surface area contributed by atoms with Crippen LogP contribution in [0.2, 0.25) is 0 Å². The van der Waals surface area contributed by atoms with Crippen LogP contribution in [0.5, 0.6) is 0 Å².